The van der Waals surface area contributed by atoms with Crippen LogP contribution in [0.3, 0.4) is 0 Å². The summed E-state index contributed by atoms with van der Waals surface area (Å²) >= 11 is 7.34. The van der Waals surface area contributed by atoms with Crippen LogP contribution in [0.4, 0.5) is 15.9 Å². The van der Waals surface area contributed by atoms with Gasteiger partial charge in [-0.25, -0.2) is 14.4 Å². The third-order valence-corrected chi connectivity index (χ3v) is 6.14. The van der Waals surface area contributed by atoms with E-state index >= 15 is 0 Å². The lowest BCUT2D eigenvalue weighted by molar-refractivity contribution is -0.135. The number of para-hydroxylation sites is 1. The van der Waals surface area contributed by atoms with Crippen molar-refractivity contribution < 1.29 is 14.0 Å². The van der Waals surface area contributed by atoms with E-state index in [1.807, 2.05) is 11.8 Å². The number of aromatic nitrogens is 2. The molecule has 1 saturated heterocycles. The Kier molecular flexibility index (Phi) is 8.18. The van der Waals surface area contributed by atoms with Gasteiger partial charge in [-0.3, -0.25) is 9.59 Å². The van der Waals surface area contributed by atoms with Crippen molar-refractivity contribution in [2.75, 3.05) is 35.6 Å². The number of anilines is 2. The number of amides is 2. The Hall–Kier alpha value is -2.39. The smallest absolute Gasteiger partial charge is 0.234 e. The van der Waals surface area contributed by atoms with Gasteiger partial charge in [0.1, 0.15) is 16.8 Å². The van der Waals surface area contributed by atoms with Crippen molar-refractivity contribution in [3.63, 3.8) is 0 Å². The van der Waals surface area contributed by atoms with Gasteiger partial charge in [-0.15, -0.1) is 0 Å². The number of carbonyl (C=O) groups excluding carboxylic acids is 2. The summed E-state index contributed by atoms with van der Waals surface area (Å²) in [5.41, 5.74) is 0.0717. The quantitative estimate of drug-likeness (QED) is 0.363. The highest BCUT2D eigenvalue weighted by Crippen LogP contribution is 2.26. The van der Waals surface area contributed by atoms with E-state index in [1.54, 1.807) is 18.2 Å². The van der Waals surface area contributed by atoms with Gasteiger partial charge in [0.25, 0.3) is 0 Å². The summed E-state index contributed by atoms with van der Waals surface area (Å²) in [6, 6.07) is 7.71. The molecule has 2 heterocycles. The summed E-state index contributed by atoms with van der Waals surface area (Å²) in [6.45, 7) is 10.1. The molecule has 1 fully saturated rings. The molecule has 0 radical (unpaired) electrons. The third-order valence-electron chi connectivity index (χ3n) is 5.09. The van der Waals surface area contributed by atoms with Gasteiger partial charge in [-0.1, -0.05) is 56.3 Å². The van der Waals surface area contributed by atoms with Crippen molar-refractivity contribution in [2.45, 2.75) is 45.3 Å². The van der Waals surface area contributed by atoms with E-state index in [0.29, 0.717) is 37.0 Å². The van der Waals surface area contributed by atoms with Gasteiger partial charge in [-0.05, 0) is 24.5 Å². The Balaban J connectivity index is 1.60. The minimum Gasteiger partial charge on any atom is -0.353 e. The molecule has 1 aromatic heterocycles. The molecule has 1 unspecified atom stereocenters. The Morgan fingerprint density at radius 1 is 1.24 bits per heavy atom. The molecule has 7 nitrogen and oxygen atoms in total. The zero-order valence-corrected chi connectivity index (χ0v) is 20.8. The monoisotopic (exact) mass is 493 g/mol. The maximum absolute atomic E-state index is 13.7. The summed E-state index contributed by atoms with van der Waals surface area (Å²) in [4.78, 5) is 37.6. The van der Waals surface area contributed by atoms with E-state index in [9.17, 15) is 14.0 Å². The lowest BCUT2D eigenvalue weighted by Crippen LogP contribution is -2.54. The van der Waals surface area contributed by atoms with E-state index in [4.69, 9.17) is 11.6 Å². The Bertz CT molecular complexity index is 1020. The fourth-order valence-corrected chi connectivity index (χ4v) is 4.46. The minimum atomic E-state index is -0.494. The average Bonchev–Trinajstić information content (AvgIpc) is 2.72. The molecule has 1 aromatic carbocycles. The van der Waals surface area contributed by atoms with Crippen LogP contribution in [0, 0.1) is 11.2 Å². The van der Waals surface area contributed by atoms with Gasteiger partial charge in [-0.2, -0.15) is 0 Å². The highest BCUT2D eigenvalue weighted by Gasteiger charge is 2.30. The van der Waals surface area contributed by atoms with Crippen molar-refractivity contribution in [3.8, 4) is 0 Å². The first-order valence-electron chi connectivity index (χ1n) is 10.8. The number of halogens is 2. The molecule has 2 amide bonds. The first-order valence-corrected chi connectivity index (χ1v) is 12.1. The number of rotatable bonds is 6. The molecule has 1 N–H and O–H groups in total. The van der Waals surface area contributed by atoms with E-state index in [2.05, 4.69) is 41.0 Å². The molecule has 10 heteroatoms. The highest BCUT2D eigenvalue weighted by atomic mass is 35.5. The van der Waals surface area contributed by atoms with Crippen LogP contribution in [0.1, 0.15) is 34.1 Å². The number of piperazine rings is 1. The lowest BCUT2D eigenvalue weighted by atomic mass is 9.91. The number of nitrogens with zero attached hydrogens (tertiary/aromatic N) is 4. The number of nitrogens with one attached hydrogen (secondary N) is 1. The predicted octanol–water partition coefficient (Wildman–Crippen LogP) is 4.47. The molecule has 0 saturated carbocycles. The summed E-state index contributed by atoms with van der Waals surface area (Å²) in [6.07, 6.45) is 0.506. The largest absolute Gasteiger partial charge is 0.353 e. The predicted molar refractivity (Wildman–Crippen MR) is 130 cm³/mol. The standard InChI is InChI=1S/C23H29ClFN5O2S/c1-15-13-29(9-10-30(15)21(32)12-23(2,3)4)19-11-18(24)27-22(28-19)33-14-20(31)26-17-8-6-5-7-16(17)25/h5-8,11,15H,9-10,12-14H2,1-4H3,(H,26,31). The second kappa shape index (κ2) is 10.7. The van der Waals surface area contributed by atoms with Crippen LogP contribution in [0.25, 0.3) is 0 Å². The average molecular weight is 494 g/mol. The van der Waals surface area contributed by atoms with Gasteiger partial charge < -0.3 is 15.1 Å². The maximum atomic E-state index is 13.7. The van der Waals surface area contributed by atoms with Gasteiger partial charge in [0.2, 0.25) is 11.8 Å². The summed E-state index contributed by atoms with van der Waals surface area (Å²) < 4.78 is 13.7. The van der Waals surface area contributed by atoms with Crippen LogP contribution in [-0.4, -0.2) is 58.1 Å². The normalized spacial score (nSPS) is 16.6. The third kappa shape index (κ3) is 7.30. The minimum absolute atomic E-state index is 0.0135. The lowest BCUT2D eigenvalue weighted by Gasteiger charge is -2.41. The van der Waals surface area contributed by atoms with Gasteiger partial charge in [0.05, 0.1) is 11.4 Å². The molecule has 2 aromatic rings. The Morgan fingerprint density at radius 2 is 1.97 bits per heavy atom. The van der Waals surface area contributed by atoms with Gasteiger partial charge >= 0.3 is 0 Å². The molecule has 1 atom stereocenters. The molecule has 178 valence electrons. The van der Waals surface area contributed by atoms with Crippen molar-refractivity contribution in [2.24, 2.45) is 5.41 Å². The van der Waals surface area contributed by atoms with Crippen LogP contribution in [-0.2, 0) is 9.59 Å². The molecular weight excluding hydrogens is 465 g/mol. The van der Waals surface area contributed by atoms with Crippen molar-refractivity contribution in [3.05, 3.63) is 41.3 Å². The Morgan fingerprint density at radius 3 is 2.64 bits per heavy atom. The second-order valence-electron chi connectivity index (χ2n) is 9.27. The SMILES string of the molecule is CC1CN(c2cc(Cl)nc(SCC(=O)Nc3ccccc3F)n2)CCN1C(=O)CC(C)(C)C. The zero-order chi connectivity index (χ0) is 24.2. The molecule has 1 aliphatic rings. The highest BCUT2D eigenvalue weighted by molar-refractivity contribution is 7.99. The number of hydrogen-bond acceptors (Lipinski definition) is 6. The number of hydrogen-bond donors (Lipinski definition) is 1. The van der Waals surface area contributed by atoms with E-state index < -0.39 is 5.82 Å². The van der Waals surface area contributed by atoms with E-state index in [-0.39, 0.29) is 39.9 Å². The summed E-state index contributed by atoms with van der Waals surface area (Å²) in [5, 5.41) is 3.17. The first kappa shape index (κ1) is 25.2. The van der Waals surface area contributed by atoms with Crippen LogP contribution in [0.15, 0.2) is 35.5 Å². The maximum Gasteiger partial charge on any atom is 0.234 e. The fourth-order valence-electron chi connectivity index (χ4n) is 3.58. The molecule has 3 rings (SSSR count). The van der Waals surface area contributed by atoms with Crippen LogP contribution < -0.4 is 10.2 Å². The van der Waals surface area contributed by atoms with Gasteiger partial charge in [0, 0.05) is 38.2 Å². The summed E-state index contributed by atoms with van der Waals surface area (Å²) in [7, 11) is 0. The number of thioether (sulfide) groups is 1. The molecule has 33 heavy (non-hydrogen) atoms. The van der Waals surface area contributed by atoms with Crippen molar-refractivity contribution in [1.82, 2.24) is 14.9 Å². The molecule has 0 aliphatic carbocycles. The topological polar surface area (TPSA) is 78.4 Å². The molecular formula is C23H29ClFN5O2S. The van der Waals surface area contributed by atoms with Crippen molar-refractivity contribution in [1.29, 1.82) is 0 Å². The van der Waals surface area contributed by atoms with Crippen LogP contribution >= 0.6 is 23.4 Å². The van der Waals surface area contributed by atoms with Crippen LogP contribution in [0.5, 0.6) is 0 Å². The Labute approximate surface area is 203 Å². The van der Waals surface area contributed by atoms with Crippen LogP contribution in [0.2, 0.25) is 5.15 Å². The van der Waals surface area contributed by atoms with E-state index in [0.717, 1.165) is 11.8 Å². The number of carbonyl (C=O) groups is 2. The van der Waals surface area contributed by atoms with Gasteiger partial charge in [0.15, 0.2) is 5.16 Å². The molecule has 0 spiro atoms. The zero-order valence-electron chi connectivity index (χ0n) is 19.3. The first-order chi connectivity index (χ1) is 15.5. The fraction of sp³-hybridized carbons (Fsp3) is 0.478. The number of benzene rings is 1. The van der Waals surface area contributed by atoms with E-state index in [1.165, 1.54) is 12.1 Å². The van der Waals surface area contributed by atoms with Crippen molar-refractivity contribution >= 4 is 46.7 Å². The summed E-state index contributed by atoms with van der Waals surface area (Å²) in [5.74, 6) is -0.0324. The molecule has 1 aliphatic heterocycles. The second-order valence-corrected chi connectivity index (χ2v) is 10.6. The molecule has 0 bridgehead atoms.